The van der Waals surface area contributed by atoms with Crippen molar-refractivity contribution >= 4 is 23.1 Å². The number of nitrogens with zero attached hydrogens (tertiary/aromatic N) is 3. The summed E-state index contributed by atoms with van der Waals surface area (Å²) in [5.41, 5.74) is 6.32. The van der Waals surface area contributed by atoms with Crippen LogP contribution < -0.4 is 11.1 Å². The van der Waals surface area contributed by atoms with Crippen LogP contribution in [0.2, 0.25) is 5.28 Å². The average molecular weight is 256 g/mol. The number of hydrogen-bond acceptors (Lipinski definition) is 5. The molecule has 1 aromatic rings. The Morgan fingerprint density at radius 1 is 1.59 bits per heavy atom. The Morgan fingerprint density at radius 3 is 3.18 bits per heavy atom. The number of nitrogens with two attached hydrogens (primary N) is 1. The molecule has 17 heavy (non-hydrogen) atoms. The summed E-state index contributed by atoms with van der Waals surface area (Å²) in [5.74, 6) is 0.629. The molecule has 1 saturated heterocycles. The van der Waals surface area contributed by atoms with Gasteiger partial charge in [0, 0.05) is 12.6 Å². The van der Waals surface area contributed by atoms with E-state index in [-0.39, 0.29) is 5.28 Å². The zero-order valence-corrected chi connectivity index (χ0v) is 10.7. The number of nitrogen functional groups attached to an aromatic ring is 1. The second-order valence-corrected chi connectivity index (χ2v) is 4.79. The quantitative estimate of drug-likeness (QED) is 0.804. The van der Waals surface area contributed by atoms with E-state index < -0.39 is 0 Å². The lowest BCUT2D eigenvalue weighted by molar-refractivity contribution is 0.194. The number of rotatable bonds is 3. The largest absolute Gasteiger partial charge is 0.394 e. The molecule has 0 spiro atoms. The number of anilines is 2. The summed E-state index contributed by atoms with van der Waals surface area (Å²) >= 11 is 5.74. The Hall–Kier alpha value is -1.07. The molecule has 0 saturated carbocycles. The maximum Gasteiger partial charge on any atom is 0.224 e. The monoisotopic (exact) mass is 255 g/mol. The van der Waals surface area contributed by atoms with E-state index in [9.17, 15) is 0 Å². The van der Waals surface area contributed by atoms with E-state index in [2.05, 4.69) is 27.2 Å². The zero-order valence-electron chi connectivity index (χ0n) is 9.99. The van der Waals surface area contributed by atoms with Gasteiger partial charge in [-0.25, -0.2) is 4.98 Å². The fourth-order valence-corrected chi connectivity index (χ4v) is 2.26. The van der Waals surface area contributed by atoms with E-state index >= 15 is 0 Å². The van der Waals surface area contributed by atoms with Crippen LogP contribution in [0.5, 0.6) is 0 Å². The highest BCUT2D eigenvalue weighted by Crippen LogP contribution is 2.19. The minimum absolute atomic E-state index is 0.221. The van der Waals surface area contributed by atoms with Gasteiger partial charge in [-0.05, 0) is 38.0 Å². The fraction of sp³-hybridized carbons (Fsp3) is 0.636. The van der Waals surface area contributed by atoms with Crippen LogP contribution >= 0.6 is 11.6 Å². The summed E-state index contributed by atoms with van der Waals surface area (Å²) in [7, 11) is 2.15. The van der Waals surface area contributed by atoms with Crippen LogP contribution in [0.3, 0.4) is 0 Å². The molecule has 3 N–H and O–H groups in total. The number of likely N-dealkylation sites (N-methyl/N-ethyl adjacent to an activating group) is 1. The van der Waals surface area contributed by atoms with Crippen molar-refractivity contribution in [1.29, 1.82) is 0 Å². The van der Waals surface area contributed by atoms with E-state index in [1.165, 1.54) is 25.5 Å². The molecule has 0 aliphatic carbocycles. The molecular formula is C11H18ClN5. The molecule has 1 aliphatic rings. The standard InChI is InChI=1S/C11H18ClN5/c1-17-5-3-2-4-8(17)6-14-10-9(13)7-15-11(12)16-10/h7-8H,2-6,13H2,1H3,(H,14,15,16). The molecule has 94 valence electrons. The van der Waals surface area contributed by atoms with Gasteiger partial charge in [0.25, 0.3) is 0 Å². The van der Waals surface area contributed by atoms with Crippen molar-refractivity contribution in [3.63, 3.8) is 0 Å². The topological polar surface area (TPSA) is 67.1 Å². The van der Waals surface area contributed by atoms with Gasteiger partial charge in [-0.15, -0.1) is 0 Å². The van der Waals surface area contributed by atoms with Crippen LogP contribution in [0, 0.1) is 0 Å². The third kappa shape index (κ3) is 3.20. The van der Waals surface area contributed by atoms with Gasteiger partial charge in [-0.1, -0.05) is 6.42 Å². The summed E-state index contributed by atoms with van der Waals surface area (Å²) in [6.07, 6.45) is 5.32. The van der Waals surface area contributed by atoms with Gasteiger partial charge in [0.2, 0.25) is 5.28 Å². The molecule has 0 aromatic carbocycles. The van der Waals surface area contributed by atoms with Crippen molar-refractivity contribution in [2.75, 3.05) is 31.2 Å². The van der Waals surface area contributed by atoms with Crippen LogP contribution in [0.25, 0.3) is 0 Å². The molecule has 2 rings (SSSR count). The second kappa shape index (κ2) is 5.51. The summed E-state index contributed by atoms with van der Waals surface area (Å²) in [6, 6.07) is 0.539. The Labute approximate surface area is 106 Å². The van der Waals surface area contributed by atoms with E-state index in [0.29, 0.717) is 17.5 Å². The lowest BCUT2D eigenvalue weighted by Crippen LogP contribution is -2.40. The van der Waals surface area contributed by atoms with E-state index in [1.807, 2.05) is 0 Å². The first-order valence-electron chi connectivity index (χ1n) is 5.89. The molecule has 6 heteroatoms. The Kier molecular flexibility index (Phi) is 4.02. The molecule has 1 aliphatic heterocycles. The molecule has 0 bridgehead atoms. The molecule has 1 fully saturated rings. The minimum atomic E-state index is 0.221. The molecule has 0 radical (unpaired) electrons. The van der Waals surface area contributed by atoms with E-state index in [1.54, 1.807) is 0 Å². The van der Waals surface area contributed by atoms with Crippen molar-refractivity contribution in [2.45, 2.75) is 25.3 Å². The van der Waals surface area contributed by atoms with Gasteiger partial charge in [0.15, 0.2) is 5.82 Å². The van der Waals surface area contributed by atoms with Gasteiger partial charge < -0.3 is 16.0 Å². The maximum absolute atomic E-state index is 5.78. The van der Waals surface area contributed by atoms with Crippen LogP contribution in [0.15, 0.2) is 6.20 Å². The lowest BCUT2D eigenvalue weighted by atomic mass is 10.0. The Bertz CT molecular complexity index is 384. The SMILES string of the molecule is CN1CCCCC1CNc1nc(Cl)ncc1N. The number of halogens is 1. The number of likely N-dealkylation sites (tertiary alicyclic amines) is 1. The molecule has 5 nitrogen and oxygen atoms in total. The van der Waals surface area contributed by atoms with Crippen LogP contribution in [0.4, 0.5) is 11.5 Å². The van der Waals surface area contributed by atoms with Gasteiger partial charge in [-0.3, -0.25) is 0 Å². The third-order valence-corrected chi connectivity index (χ3v) is 3.40. The molecule has 0 amide bonds. The van der Waals surface area contributed by atoms with Crippen molar-refractivity contribution in [3.05, 3.63) is 11.5 Å². The smallest absolute Gasteiger partial charge is 0.224 e. The predicted molar refractivity (Wildman–Crippen MR) is 70.2 cm³/mol. The molecule has 1 aromatic heterocycles. The number of piperidine rings is 1. The van der Waals surface area contributed by atoms with Crippen molar-refractivity contribution < 1.29 is 0 Å². The highest BCUT2D eigenvalue weighted by Gasteiger charge is 2.18. The highest BCUT2D eigenvalue weighted by molar-refractivity contribution is 6.28. The Morgan fingerprint density at radius 2 is 2.41 bits per heavy atom. The minimum Gasteiger partial charge on any atom is -0.394 e. The summed E-state index contributed by atoms with van der Waals surface area (Å²) in [4.78, 5) is 10.3. The van der Waals surface area contributed by atoms with Crippen LogP contribution in [0.1, 0.15) is 19.3 Å². The normalized spacial score (nSPS) is 21.4. The molecule has 1 unspecified atom stereocenters. The average Bonchev–Trinajstić information content (AvgIpc) is 2.32. The van der Waals surface area contributed by atoms with Gasteiger partial charge in [0.05, 0.1) is 11.9 Å². The van der Waals surface area contributed by atoms with Crippen molar-refractivity contribution in [2.24, 2.45) is 0 Å². The van der Waals surface area contributed by atoms with E-state index in [0.717, 1.165) is 13.1 Å². The molecule has 1 atom stereocenters. The number of aromatic nitrogens is 2. The number of nitrogens with one attached hydrogen (secondary N) is 1. The van der Waals surface area contributed by atoms with Gasteiger partial charge in [-0.2, -0.15) is 4.98 Å². The predicted octanol–water partition coefficient (Wildman–Crippen LogP) is 1.61. The van der Waals surface area contributed by atoms with Crippen LogP contribution in [-0.4, -0.2) is 41.0 Å². The third-order valence-electron chi connectivity index (χ3n) is 3.21. The number of hydrogen-bond donors (Lipinski definition) is 2. The zero-order chi connectivity index (χ0) is 12.3. The first kappa shape index (κ1) is 12.4. The maximum atomic E-state index is 5.78. The fourth-order valence-electron chi connectivity index (χ4n) is 2.13. The van der Waals surface area contributed by atoms with Crippen molar-refractivity contribution in [3.8, 4) is 0 Å². The van der Waals surface area contributed by atoms with Gasteiger partial charge in [0.1, 0.15) is 0 Å². The first-order chi connectivity index (χ1) is 8.16. The van der Waals surface area contributed by atoms with Crippen molar-refractivity contribution in [1.82, 2.24) is 14.9 Å². The first-order valence-corrected chi connectivity index (χ1v) is 6.27. The molecular weight excluding hydrogens is 238 g/mol. The van der Waals surface area contributed by atoms with Crippen LogP contribution in [-0.2, 0) is 0 Å². The second-order valence-electron chi connectivity index (χ2n) is 4.45. The lowest BCUT2D eigenvalue weighted by Gasteiger charge is -2.32. The summed E-state index contributed by atoms with van der Waals surface area (Å²) in [5, 5.41) is 3.47. The summed E-state index contributed by atoms with van der Waals surface area (Å²) < 4.78 is 0. The molecule has 2 heterocycles. The van der Waals surface area contributed by atoms with Gasteiger partial charge >= 0.3 is 0 Å². The highest BCUT2D eigenvalue weighted by atomic mass is 35.5. The Balaban J connectivity index is 1.94. The summed E-state index contributed by atoms with van der Waals surface area (Å²) in [6.45, 7) is 2.00. The van der Waals surface area contributed by atoms with E-state index in [4.69, 9.17) is 17.3 Å².